The summed E-state index contributed by atoms with van der Waals surface area (Å²) < 4.78 is 49.7. The number of rotatable bonds is 3. The van der Waals surface area contributed by atoms with Gasteiger partial charge in [-0.15, -0.1) is 0 Å². The summed E-state index contributed by atoms with van der Waals surface area (Å²) in [5.41, 5.74) is 0.222. The first-order valence-electron chi connectivity index (χ1n) is 6.57. The van der Waals surface area contributed by atoms with E-state index < -0.39 is 29.0 Å². The van der Waals surface area contributed by atoms with Gasteiger partial charge in [0.05, 0.1) is 5.69 Å². The number of anilines is 1. The predicted octanol–water partition coefficient (Wildman–Crippen LogP) is 3.48. The molecule has 0 aliphatic carbocycles. The summed E-state index contributed by atoms with van der Waals surface area (Å²) in [6.07, 6.45) is 2.60. The third-order valence-corrected chi connectivity index (χ3v) is 3.12. The minimum absolute atomic E-state index is 0.137. The van der Waals surface area contributed by atoms with E-state index in [9.17, 15) is 18.0 Å². The Bertz CT molecular complexity index is 805. The zero-order valence-electron chi connectivity index (χ0n) is 11.6. The smallest absolute Gasteiger partial charge is 0.248 e. The predicted molar refractivity (Wildman–Crippen MR) is 76.5 cm³/mol. The van der Waals surface area contributed by atoms with Crippen molar-refractivity contribution < 1.29 is 27.4 Å². The molecule has 1 heterocycles. The van der Waals surface area contributed by atoms with Crippen LogP contribution in [0, 0.1) is 17.5 Å². The van der Waals surface area contributed by atoms with Crippen LogP contribution < -0.4 is 14.8 Å². The Labute approximate surface area is 129 Å². The van der Waals surface area contributed by atoms with Gasteiger partial charge in [0.15, 0.2) is 29.0 Å². The largest absolute Gasteiger partial charge is 0.454 e. The zero-order valence-corrected chi connectivity index (χ0v) is 11.6. The molecule has 0 unspecified atom stereocenters. The molecule has 1 aliphatic heterocycles. The van der Waals surface area contributed by atoms with Crippen LogP contribution in [0.4, 0.5) is 18.9 Å². The number of hydrogen-bond donors (Lipinski definition) is 1. The molecule has 0 spiro atoms. The van der Waals surface area contributed by atoms with Gasteiger partial charge in [0.25, 0.3) is 0 Å². The van der Waals surface area contributed by atoms with Gasteiger partial charge in [0.2, 0.25) is 12.7 Å². The summed E-state index contributed by atoms with van der Waals surface area (Å²) in [5, 5.41) is 2.14. The summed E-state index contributed by atoms with van der Waals surface area (Å²) in [5.74, 6) is -3.93. The van der Waals surface area contributed by atoms with Crippen molar-refractivity contribution in [3.63, 3.8) is 0 Å². The number of hydrogen-bond acceptors (Lipinski definition) is 3. The molecule has 0 radical (unpaired) electrons. The van der Waals surface area contributed by atoms with Crippen LogP contribution in [0.3, 0.4) is 0 Å². The molecule has 0 atom stereocenters. The van der Waals surface area contributed by atoms with Crippen molar-refractivity contribution in [3.05, 3.63) is 59.4 Å². The van der Waals surface area contributed by atoms with Gasteiger partial charge in [0, 0.05) is 6.08 Å². The fourth-order valence-corrected chi connectivity index (χ4v) is 1.99. The topological polar surface area (TPSA) is 47.6 Å². The summed E-state index contributed by atoms with van der Waals surface area (Å²) >= 11 is 0. The lowest BCUT2D eigenvalue weighted by atomic mass is 10.2. The molecule has 0 fully saturated rings. The number of nitrogens with one attached hydrogen (secondary N) is 1. The highest BCUT2D eigenvalue weighted by Crippen LogP contribution is 2.32. The Morgan fingerprint density at radius 1 is 1.04 bits per heavy atom. The number of carbonyl (C=O) groups excluding carboxylic acids is 1. The fourth-order valence-electron chi connectivity index (χ4n) is 1.99. The standard InChI is InChI=1S/C16H10F3NO3/c17-10-3-4-11(16(19)15(10)18)20-14(21)6-2-9-1-5-12-13(7-9)23-8-22-12/h1-7H,8H2,(H,20,21)/b6-2+. The molecule has 23 heavy (non-hydrogen) atoms. The fraction of sp³-hybridized carbons (Fsp3) is 0.0625. The highest BCUT2D eigenvalue weighted by molar-refractivity contribution is 6.02. The Kier molecular flexibility index (Phi) is 3.92. The number of fused-ring (bicyclic) bond motifs is 1. The van der Waals surface area contributed by atoms with Crippen molar-refractivity contribution in [1.29, 1.82) is 0 Å². The molecule has 0 bridgehead atoms. The molecule has 3 rings (SSSR count). The van der Waals surface area contributed by atoms with Gasteiger partial charge in [-0.25, -0.2) is 13.2 Å². The molecule has 0 aromatic heterocycles. The highest BCUT2D eigenvalue weighted by Gasteiger charge is 2.15. The number of amides is 1. The molecule has 1 aliphatic rings. The van der Waals surface area contributed by atoms with Crippen molar-refractivity contribution >= 4 is 17.7 Å². The third-order valence-electron chi connectivity index (χ3n) is 3.12. The zero-order chi connectivity index (χ0) is 16.4. The lowest BCUT2D eigenvalue weighted by Gasteiger charge is -2.05. The van der Waals surface area contributed by atoms with Crippen molar-refractivity contribution in [2.45, 2.75) is 0 Å². The van der Waals surface area contributed by atoms with E-state index in [2.05, 4.69) is 5.32 Å². The molecule has 1 N–H and O–H groups in total. The van der Waals surface area contributed by atoms with Gasteiger partial charge in [0.1, 0.15) is 0 Å². The lowest BCUT2D eigenvalue weighted by Crippen LogP contribution is -2.10. The van der Waals surface area contributed by atoms with Crippen LogP contribution in [0.2, 0.25) is 0 Å². The normalized spacial score (nSPS) is 12.7. The van der Waals surface area contributed by atoms with Gasteiger partial charge in [-0.3, -0.25) is 4.79 Å². The molecule has 0 saturated carbocycles. The van der Waals surface area contributed by atoms with Crippen LogP contribution in [-0.2, 0) is 4.79 Å². The molecular weight excluding hydrogens is 311 g/mol. The molecule has 2 aromatic carbocycles. The maximum absolute atomic E-state index is 13.5. The Morgan fingerprint density at radius 3 is 2.65 bits per heavy atom. The second kappa shape index (κ2) is 6.04. The maximum Gasteiger partial charge on any atom is 0.248 e. The summed E-state index contributed by atoms with van der Waals surface area (Å²) in [4.78, 5) is 11.7. The first kappa shape index (κ1) is 15.0. The van der Waals surface area contributed by atoms with E-state index in [0.29, 0.717) is 17.1 Å². The average Bonchev–Trinajstić information content (AvgIpc) is 3.01. The Hall–Kier alpha value is -2.96. The van der Waals surface area contributed by atoms with E-state index in [0.717, 1.165) is 18.2 Å². The van der Waals surface area contributed by atoms with Gasteiger partial charge in [-0.05, 0) is 35.9 Å². The van der Waals surface area contributed by atoms with Crippen molar-refractivity contribution in [2.75, 3.05) is 12.1 Å². The van der Waals surface area contributed by atoms with Crippen LogP contribution in [0.1, 0.15) is 5.56 Å². The summed E-state index contributed by atoms with van der Waals surface area (Å²) in [6, 6.07) is 6.74. The molecular formula is C16H10F3NO3. The minimum atomic E-state index is -1.64. The Morgan fingerprint density at radius 2 is 1.83 bits per heavy atom. The van der Waals surface area contributed by atoms with Crippen molar-refractivity contribution in [3.8, 4) is 11.5 Å². The number of carbonyl (C=O) groups is 1. The molecule has 4 nitrogen and oxygen atoms in total. The van der Waals surface area contributed by atoms with Crippen LogP contribution >= 0.6 is 0 Å². The van der Waals surface area contributed by atoms with Gasteiger partial charge < -0.3 is 14.8 Å². The van der Waals surface area contributed by atoms with E-state index >= 15 is 0 Å². The SMILES string of the molecule is O=C(/C=C/c1ccc2c(c1)OCO2)Nc1ccc(F)c(F)c1F. The summed E-state index contributed by atoms with van der Waals surface area (Å²) in [6.45, 7) is 0.137. The van der Waals surface area contributed by atoms with E-state index in [-0.39, 0.29) is 6.79 Å². The number of ether oxygens (including phenoxy) is 2. The van der Waals surface area contributed by atoms with Gasteiger partial charge in [-0.1, -0.05) is 6.07 Å². The first-order chi connectivity index (χ1) is 11.0. The molecule has 0 saturated heterocycles. The molecule has 118 valence electrons. The Balaban J connectivity index is 1.71. The van der Waals surface area contributed by atoms with Crippen LogP contribution in [0.25, 0.3) is 6.08 Å². The van der Waals surface area contributed by atoms with Gasteiger partial charge in [-0.2, -0.15) is 0 Å². The summed E-state index contributed by atoms with van der Waals surface area (Å²) in [7, 11) is 0. The average molecular weight is 321 g/mol. The first-order valence-corrected chi connectivity index (χ1v) is 6.57. The second-order valence-electron chi connectivity index (χ2n) is 4.66. The van der Waals surface area contributed by atoms with E-state index in [1.807, 2.05) is 0 Å². The van der Waals surface area contributed by atoms with Gasteiger partial charge >= 0.3 is 0 Å². The van der Waals surface area contributed by atoms with E-state index in [1.165, 1.54) is 6.08 Å². The van der Waals surface area contributed by atoms with E-state index in [1.54, 1.807) is 18.2 Å². The van der Waals surface area contributed by atoms with E-state index in [4.69, 9.17) is 9.47 Å². The maximum atomic E-state index is 13.5. The highest BCUT2D eigenvalue weighted by atomic mass is 19.2. The lowest BCUT2D eigenvalue weighted by molar-refractivity contribution is -0.111. The van der Waals surface area contributed by atoms with Crippen molar-refractivity contribution in [2.24, 2.45) is 0 Å². The van der Waals surface area contributed by atoms with Crippen LogP contribution in [-0.4, -0.2) is 12.7 Å². The molecule has 2 aromatic rings. The monoisotopic (exact) mass is 321 g/mol. The quantitative estimate of drug-likeness (QED) is 0.695. The van der Waals surface area contributed by atoms with Crippen LogP contribution in [0.15, 0.2) is 36.4 Å². The third kappa shape index (κ3) is 3.13. The minimum Gasteiger partial charge on any atom is -0.454 e. The second-order valence-corrected chi connectivity index (χ2v) is 4.66. The number of halogens is 3. The molecule has 1 amide bonds. The molecule has 7 heteroatoms. The van der Waals surface area contributed by atoms with Crippen LogP contribution in [0.5, 0.6) is 11.5 Å². The number of benzene rings is 2. The van der Waals surface area contributed by atoms with Crippen molar-refractivity contribution in [1.82, 2.24) is 0 Å².